The number of pyridine rings is 1. The van der Waals surface area contributed by atoms with E-state index in [1.165, 1.54) is 6.07 Å². The van der Waals surface area contributed by atoms with Gasteiger partial charge in [-0.1, -0.05) is 11.6 Å². The number of anilines is 1. The van der Waals surface area contributed by atoms with E-state index in [1.54, 1.807) is 6.20 Å². The first-order valence-corrected chi connectivity index (χ1v) is 8.54. The zero-order valence-electron chi connectivity index (χ0n) is 13.2. The van der Waals surface area contributed by atoms with Gasteiger partial charge in [0.2, 0.25) is 0 Å². The Morgan fingerprint density at radius 1 is 1.35 bits per heavy atom. The van der Waals surface area contributed by atoms with Gasteiger partial charge in [0.1, 0.15) is 5.52 Å². The van der Waals surface area contributed by atoms with Gasteiger partial charge in [-0.15, -0.1) is 0 Å². The van der Waals surface area contributed by atoms with Crippen molar-refractivity contribution in [3.8, 4) is 0 Å². The first-order chi connectivity index (χ1) is 11.1. The molecule has 0 saturated carbocycles. The van der Waals surface area contributed by atoms with E-state index in [4.69, 9.17) is 16.3 Å². The number of fused-ring (bicyclic) bond motifs is 1. The van der Waals surface area contributed by atoms with Crippen LogP contribution in [-0.2, 0) is 4.74 Å². The number of ether oxygens (including phenoxy) is 1. The van der Waals surface area contributed by atoms with Gasteiger partial charge < -0.3 is 9.64 Å². The molecular weight excluding hydrogens is 315 g/mol. The van der Waals surface area contributed by atoms with E-state index in [1.807, 2.05) is 12.1 Å². The summed E-state index contributed by atoms with van der Waals surface area (Å²) in [7, 11) is 0. The highest BCUT2D eigenvalue weighted by atomic mass is 35.5. The van der Waals surface area contributed by atoms with Crippen molar-refractivity contribution in [3.05, 3.63) is 35.2 Å². The third-order valence-corrected chi connectivity index (χ3v) is 5.59. The van der Waals surface area contributed by atoms with Crippen LogP contribution < -0.4 is 4.90 Å². The maximum atomic E-state index is 14.2. The Morgan fingerprint density at radius 3 is 2.91 bits per heavy atom. The molecule has 5 heteroatoms. The average molecular weight is 335 g/mol. The molecule has 1 spiro atoms. The first-order valence-electron chi connectivity index (χ1n) is 8.16. The van der Waals surface area contributed by atoms with E-state index in [0.717, 1.165) is 50.1 Å². The fourth-order valence-corrected chi connectivity index (χ4v) is 4.43. The van der Waals surface area contributed by atoms with Crippen molar-refractivity contribution in [1.82, 2.24) is 4.98 Å². The standard InChI is InChI=1S/C18H20ClFN2O/c1-12-10-18(3-6-23-7-4-18)11-22(12)16-2-5-21-17-14(16)8-13(19)9-15(17)20/h2,5,8-9,12H,3-4,6-7,10-11H2,1H3. The molecule has 1 aromatic carbocycles. The molecule has 0 bridgehead atoms. The van der Waals surface area contributed by atoms with Gasteiger partial charge in [0, 0.05) is 48.1 Å². The molecule has 0 N–H and O–H groups in total. The second-order valence-electron chi connectivity index (χ2n) is 6.91. The molecule has 3 heterocycles. The number of halogens is 2. The van der Waals surface area contributed by atoms with Gasteiger partial charge in [-0.25, -0.2) is 4.39 Å². The minimum Gasteiger partial charge on any atom is -0.381 e. The minimum atomic E-state index is -0.359. The van der Waals surface area contributed by atoms with E-state index < -0.39 is 0 Å². The highest BCUT2D eigenvalue weighted by molar-refractivity contribution is 6.31. The fraction of sp³-hybridized carbons (Fsp3) is 0.500. The normalized spacial score (nSPS) is 23.8. The third-order valence-electron chi connectivity index (χ3n) is 5.37. The van der Waals surface area contributed by atoms with Gasteiger partial charge >= 0.3 is 0 Å². The van der Waals surface area contributed by atoms with Gasteiger partial charge in [-0.05, 0) is 49.8 Å². The highest BCUT2D eigenvalue weighted by Gasteiger charge is 2.43. The first kappa shape index (κ1) is 15.2. The molecule has 1 unspecified atom stereocenters. The Labute approximate surface area is 140 Å². The summed E-state index contributed by atoms with van der Waals surface area (Å²) < 4.78 is 19.7. The minimum absolute atomic E-state index is 0.324. The number of hydrogen-bond acceptors (Lipinski definition) is 3. The zero-order valence-corrected chi connectivity index (χ0v) is 13.9. The second kappa shape index (κ2) is 5.60. The summed E-state index contributed by atoms with van der Waals surface area (Å²) in [6.45, 7) is 4.93. The number of hydrogen-bond donors (Lipinski definition) is 0. The molecule has 2 aromatic rings. The van der Waals surface area contributed by atoms with Crippen molar-refractivity contribution in [2.24, 2.45) is 5.41 Å². The summed E-state index contributed by atoms with van der Waals surface area (Å²) >= 11 is 6.08. The Balaban J connectivity index is 1.77. The van der Waals surface area contributed by atoms with E-state index in [-0.39, 0.29) is 5.82 Å². The van der Waals surface area contributed by atoms with Crippen LogP contribution in [0, 0.1) is 11.2 Å². The van der Waals surface area contributed by atoms with Crippen LogP contribution in [0.5, 0.6) is 0 Å². The number of nitrogens with zero attached hydrogens (tertiary/aromatic N) is 2. The maximum absolute atomic E-state index is 14.2. The summed E-state index contributed by atoms with van der Waals surface area (Å²) in [5, 5.41) is 1.21. The molecule has 0 amide bonds. The molecule has 3 nitrogen and oxygen atoms in total. The van der Waals surface area contributed by atoms with Gasteiger partial charge in [0.15, 0.2) is 5.82 Å². The van der Waals surface area contributed by atoms with Gasteiger partial charge in [-0.3, -0.25) is 4.98 Å². The predicted octanol–water partition coefficient (Wildman–Crippen LogP) is 4.42. The monoisotopic (exact) mass is 334 g/mol. The average Bonchev–Trinajstić information content (AvgIpc) is 2.83. The molecule has 0 aliphatic carbocycles. The van der Waals surface area contributed by atoms with E-state index in [0.29, 0.717) is 22.0 Å². The molecule has 2 aliphatic heterocycles. The van der Waals surface area contributed by atoms with Crippen molar-refractivity contribution in [1.29, 1.82) is 0 Å². The molecule has 2 aliphatic rings. The highest BCUT2D eigenvalue weighted by Crippen LogP contribution is 2.45. The third kappa shape index (κ3) is 2.58. The van der Waals surface area contributed by atoms with Crippen LogP contribution in [0.1, 0.15) is 26.2 Å². The zero-order chi connectivity index (χ0) is 16.0. The Morgan fingerprint density at radius 2 is 2.13 bits per heavy atom. The molecule has 122 valence electrons. The van der Waals surface area contributed by atoms with Crippen LogP contribution in [0.25, 0.3) is 10.9 Å². The van der Waals surface area contributed by atoms with Crippen LogP contribution in [0.3, 0.4) is 0 Å². The molecule has 0 radical (unpaired) electrons. The molecular formula is C18H20ClFN2O. The topological polar surface area (TPSA) is 25.4 Å². The predicted molar refractivity (Wildman–Crippen MR) is 90.6 cm³/mol. The van der Waals surface area contributed by atoms with Gasteiger partial charge in [-0.2, -0.15) is 0 Å². The van der Waals surface area contributed by atoms with Crippen molar-refractivity contribution >= 4 is 28.2 Å². The summed E-state index contributed by atoms with van der Waals surface area (Å²) in [5.74, 6) is -0.359. The Kier molecular flexibility index (Phi) is 3.69. The largest absolute Gasteiger partial charge is 0.381 e. The van der Waals surface area contributed by atoms with E-state index >= 15 is 0 Å². The van der Waals surface area contributed by atoms with Gasteiger partial charge in [0.05, 0.1) is 0 Å². The number of benzene rings is 1. The van der Waals surface area contributed by atoms with Crippen LogP contribution in [-0.4, -0.2) is 30.8 Å². The molecule has 2 saturated heterocycles. The summed E-state index contributed by atoms with van der Waals surface area (Å²) in [6, 6.07) is 5.55. The molecule has 2 fully saturated rings. The van der Waals surface area contributed by atoms with E-state index in [9.17, 15) is 4.39 Å². The fourth-order valence-electron chi connectivity index (χ4n) is 4.22. The van der Waals surface area contributed by atoms with Crippen molar-refractivity contribution in [3.63, 3.8) is 0 Å². The lowest BCUT2D eigenvalue weighted by Gasteiger charge is -2.33. The maximum Gasteiger partial charge on any atom is 0.150 e. The number of aromatic nitrogens is 1. The Bertz CT molecular complexity index is 745. The molecule has 4 rings (SSSR count). The lowest BCUT2D eigenvalue weighted by molar-refractivity contribution is 0.0242. The smallest absolute Gasteiger partial charge is 0.150 e. The molecule has 23 heavy (non-hydrogen) atoms. The van der Waals surface area contributed by atoms with Crippen LogP contribution in [0.2, 0.25) is 5.02 Å². The summed E-state index contributed by atoms with van der Waals surface area (Å²) in [5.41, 5.74) is 1.75. The van der Waals surface area contributed by atoms with Crippen molar-refractivity contribution in [2.75, 3.05) is 24.7 Å². The SMILES string of the molecule is CC1CC2(CCOCC2)CN1c1ccnc2c(F)cc(Cl)cc12. The van der Waals surface area contributed by atoms with Crippen LogP contribution in [0.15, 0.2) is 24.4 Å². The van der Waals surface area contributed by atoms with Gasteiger partial charge in [0.25, 0.3) is 0 Å². The number of rotatable bonds is 1. The summed E-state index contributed by atoms with van der Waals surface area (Å²) in [4.78, 5) is 6.60. The lowest BCUT2D eigenvalue weighted by Crippen LogP contribution is -2.33. The Hall–Kier alpha value is -1.39. The van der Waals surface area contributed by atoms with Crippen LogP contribution >= 0.6 is 11.6 Å². The lowest BCUT2D eigenvalue weighted by atomic mass is 9.78. The quantitative estimate of drug-likeness (QED) is 0.771. The van der Waals surface area contributed by atoms with Crippen molar-refractivity contribution < 1.29 is 9.13 Å². The van der Waals surface area contributed by atoms with Crippen molar-refractivity contribution in [2.45, 2.75) is 32.2 Å². The summed E-state index contributed by atoms with van der Waals surface area (Å²) in [6.07, 6.45) is 5.05. The second-order valence-corrected chi connectivity index (χ2v) is 7.34. The van der Waals surface area contributed by atoms with E-state index in [2.05, 4.69) is 16.8 Å². The molecule has 1 aromatic heterocycles. The molecule has 1 atom stereocenters. The van der Waals surface area contributed by atoms with Crippen LogP contribution in [0.4, 0.5) is 10.1 Å².